The van der Waals surface area contributed by atoms with E-state index < -0.39 is 10.8 Å². The van der Waals surface area contributed by atoms with Crippen LogP contribution < -0.4 is 0 Å². The topological polar surface area (TPSA) is 34.9 Å². The van der Waals surface area contributed by atoms with Crippen molar-refractivity contribution < 1.29 is 4.21 Å². The Labute approximate surface area is 127 Å². The van der Waals surface area contributed by atoms with Crippen molar-refractivity contribution >= 4 is 33.4 Å². The molecule has 0 aliphatic carbocycles. The number of alkyl halides is 1. The number of imidazole rings is 1. The molecule has 0 spiro atoms. The van der Waals surface area contributed by atoms with E-state index in [1.807, 2.05) is 6.92 Å². The zero-order chi connectivity index (χ0) is 14.7. The Hall–Kier alpha value is -0.870. The Morgan fingerprint density at radius 1 is 1.45 bits per heavy atom. The summed E-state index contributed by atoms with van der Waals surface area (Å²) in [5.74, 6) is 1.59. The van der Waals surface area contributed by atoms with Crippen molar-refractivity contribution in [2.45, 2.75) is 38.5 Å². The minimum atomic E-state index is -0.779. The van der Waals surface area contributed by atoms with Crippen LogP contribution in [0.5, 0.6) is 0 Å². The molecule has 0 N–H and O–H groups in total. The average Bonchev–Trinajstić information content (AvgIpc) is 2.72. The molecule has 0 radical (unpaired) electrons. The van der Waals surface area contributed by atoms with E-state index in [-0.39, 0.29) is 5.25 Å². The van der Waals surface area contributed by atoms with Crippen molar-refractivity contribution in [2.24, 2.45) is 0 Å². The van der Waals surface area contributed by atoms with Gasteiger partial charge in [0.1, 0.15) is 5.82 Å². The molecule has 0 aliphatic rings. The SMILES string of the molecule is Cc1ccc2c(c1)nc(CCCl)n2CCC(C)S(C)=O. The van der Waals surface area contributed by atoms with E-state index in [4.69, 9.17) is 11.6 Å². The fourth-order valence-corrected chi connectivity index (χ4v) is 2.90. The van der Waals surface area contributed by atoms with Gasteiger partial charge in [0.25, 0.3) is 0 Å². The Bertz CT molecular complexity index is 624. The molecule has 0 aliphatic heterocycles. The third kappa shape index (κ3) is 3.41. The number of hydrogen-bond acceptors (Lipinski definition) is 2. The van der Waals surface area contributed by atoms with Crippen molar-refractivity contribution in [3.05, 3.63) is 29.6 Å². The molecule has 0 bridgehead atoms. The highest BCUT2D eigenvalue weighted by Crippen LogP contribution is 2.19. The first kappa shape index (κ1) is 15.5. The van der Waals surface area contributed by atoms with Crippen molar-refractivity contribution in [3.63, 3.8) is 0 Å². The number of hydrogen-bond donors (Lipinski definition) is 0. The second-order valence-electron chi connectivity index (χ2n) is 5.21. The van der Waals surface area contributed by atoms with E-state index in [9.17, 15) is 4.21 Å². The summed E-state index contributed by atoms with van der Waals surface area (Å²) in [6, 6.07) is 6.32. The largest absolute Gasteiger partial charge is 0.328 e. The number of benzene rings is 1. The summed E-state index contributed by atoms with van der Waals surface area (Å²) in [4.78, 5) is 4.69. The fourth-order valence-electron chi connectivity index (χ4n) is 2.29. The minimum absolute atomic E-state index is 0.196. The van der Waals surface area contributed by atoms with Gasteiger partial charge in [0.05, 0.1) is 11.0 Å². The highest BCUT2D eigenvalue weighted by atomic mass is 35.5. The fraction of sp³-hybridized carbons (Fsp3) is 0.533. The number of halogens is 1. The molecule has 0 fully saturated rings. The van der Waals surface area contributed by atoms with E-state index in [0.29, 0.717) is 5.88 Å². The van der Waals surface area contributed by atoms with Crippen molar-refractivity contribution in [1.82, 2.24) is 9.55 Å². The van der Waals surface area contributed by atoms with Crippen LogP contribution in [0.4, 0.5) is 0 Å². The van der Waals surface area contributed by atoms with Crippen LogP contribution in [-0.2, 0) is 23.8 Å². The van der Waals surface area contributed by atoms with Crippen molar-refractivity contribution in [3.8, 4) is 0 Å². The third-order valence-electron chi connectivity index (χ3n) is 3.63. The van der Waals surface area contributed by atoms with Gasteiger partial charge >= 0.3 is 0 Å². The Balaban J connectivity index is 2.33. The predicted octanol–water partition coefficient (Wildman–Crippen LogP) is 3.28. The normalized spacial score (nSPS) is 14.6. The van der Waals surface area contributed by atoms with Crippen LogP contribution in [0.15, 0.2) is 18.2 Å². The zero-order valence-electron chi connectivity index (χ0n) is 12.2. The standard InChI is InChI=1S/C15H21ClN2OS/c1-11-4-5-14-13(10-11)17-15(6-8-16)18(14)9-7-12(2)20(3)19/h4-5,10,12H,6-9H2,1-3H3. The maximum Gasteiger partial charge on any atom is 0.111 e. The molecule has 1 aromatic heterocycles. The van der Waals surface area contributed by atoms with Crippen LogP contribution in [0.3, 0.4) is 0 Å². The van der Waals surface area contributed by atoms with E-state index in [0.717, 1.165) is 36.2 Å². The summed E-state index contributed by atoms with van der Waals surface area (Å²) in [7, 11) is -0.779. The molecular formula is C15H21ClN2OS. The average molecular weight is 313 g/mol. The van der Waals surface area contributed by atoms with Crippen LogP contribution in [0, 0.1) is 6.92 Å². The van der Waals surface area contributed by atoms with Gasteiger partial charge in [-0.3, -0.25) is 4.21 Å². The van der Waals surface area contributed by atoms with E-state index in [1.165, 1.54) is 5.56 Å². The van der Waals surface area contributed by atoms with Gasteiger partial charge in [0, 0.05) is 41.2 Å². The van der Waals surface area contributed by atoms with E-state index in [2.05, 4.69) is 34.7 Å². The molecule has 0 saturated carbocycles. The molecule has 2 atom stereocenters. The van der Waals surface area contributed by atoms with Crippen LogP contribution in [0.2, 0.25) is 0 Å². The molecule has 2 rings (SSSR count). The summed E-state index contributed by atoms with van der Waals surface area (Å²) in [6.45, 7) is 4.94. The molecule has 1 aromatic carbocycles. The molecule has 2 unspecified atom stereocenters. The predicted molar refractivity (Wildman–Crippen MR) is 87.0 cm³/mol. The highest BCUT2D eigenvalue weighted by Gasteiger charge is 2.13. The number of nitrogens with zero attached hydrogens (tertiary/aromatic N) is 2. The van der Waals surface area contributed by atoms with Crippen molar-refractivity contribution in [2.75, 3.05) is 12.1 Å². The second-order valence-corrected chi connectivity index (χ2v) is 7.39. The van der Waals surface area contributed by atoms with Gasteiger partial charge in [0.15, 0.2) is 0 Å². The molecule has 110 valence electrons. The number of aryl methyl sites for hydroxylation is 3. The first-order valence-electron chi connectivity index (χ1n) is 6.87. The lowest BCUT2D eigenvalue weighted by Crippen LogP contribution is -2.14. The van der Waals surface area contributed by atoms with Gasteiger partial charge in [-0.25, -0.2) is 4.98 Å². The number of fused-ring (bicyclic) bond motifs is 1. The second kappa shape index (κ2) is 6.72. The minimum Gasteiger partial charge on any atom is -0.328 e. The van der Waals surface area contributed by atoms with Gasteiger partial charge in [-0.05, 0) is 31.0 Å². The molecule has 3 nitrogen and oxygen atoms in total. The number of aromatic nitrogens is 2. The lowest BCUT2D eigenvalue weighted by Gasteiger charge is -2.12. The quantitative estimate of drug-likeness (QED) is 0.767. The lowest BCUT2D eigenvalue weighted by atomic mass is 10.2. The molecule has 20 heavy (non-hydrogen) atoms. The van der Waals surface area contributed by atoms with Gasteiger partial charge in [-0.2, -0.15) is 0 Å². The smallest absolute Gasteiger partial charge is 0.111 e. The Morgan fingerprint density at radius 2 is 2.20 bits per heavy atom. The third-order valence-corrected chi connectivity index (χ3v) is 5.18. The van der Waals surface area contributed by atoms with Crippen LogP contribution in [-0.4, -0.2) is 31.1 Å². The van der Waals surface area contributed by atoms with Gasteiger partial charge in [0.2, 0.25) is 0 Å². The zero-order valence-corrected chi connectivity index (χ0v) is 13.8. The molecule has 2 aromatic rings. The Morgan fingerprint density at radius 3 is 2.85 bits per heavy atom. The van der Waals surface area contributed by atoms with Gasteiger partial charge in [-0.1, -0.05) is 13.0 Å². The number of rotatable bonds is 6. The molecular weight excluding hydrogens is 292 g/mol. The summed E-state index contributed by atoms with van der Waals surface area (Å²) in [6.07, 6.45) is 3.41. The molecule has 1 heterocycles. The van der Waals surface area contributed by atoms with E-state index >= 15 is 0 Å². The summed E-state index contributed by atoms with van der Waals surface area (Å²) >= 11 is 5.88. The van der Waals surface area contributed by atoms with Crippen LogP contribution in [0.25, 0.3) is 11.0 Å². The maximum absolute atomic E-state index is 11.5. The monoisotopic (exact) mass is 312 g/mol. The van der Waals surface area contributed by atoms with E-state index in [1.54, 1.807) is 6.26 Å². The summed E-state index contributed by atoms with van der Waals surface area (Å²) in [5.41, 5.74) is 3.38. The molecule has 5 heteroatoms. The highest BCUT2D eigenvalue weighted by molar-refractivity contribution is 7.84. The van der Waals surface area contributed by atoms with Gasteiger partial charge in [-0.15, -0.1) is 11.6 Å². The van der Waals surface area contributed by atoms with Crippen LogP contribution in [0.1, 0.15) is 24.7 Å². The van der Waals surface area contributed by atoms with Crippen LogP contribution >= 0.6 is 11.6 Å². The Kier molecular flexibility index (Phi) is 5.22. The lowest BCUT2D eigenvalue weighted by molar-refractivity contribution is 0.611. The first-order chi connectivity index (χ1) is 9.52. The van der Waals surface area contributed by atoms with Gasteiger partial charge < -0.3 is 4.57 Å². The summed E-state index contributed by atoms with van der Waals surface area (Å²) < 4.78 is 13.7. The first-order valence-corrected chi connectivity index (χ1v) is 9.02. The maximum atomic E-state index is 11.5. The summed E-state index contributed by atoms with van der Waals surface area (Å²) in [5, 5.41) is 0.196. The molecule has 0 amide bonds. The molecule has 0 saturated heterocycles. The van der Waals surface area contributed by atoms with Crippen molar-refractivity contribution in [1.29, 1.82) is 0 Å².